The first kappa shape index (κ1) is 8.99. The Morgan fingerprint density at radius 1 is 1.42 bits per heavy atom. The fourth-order valence-electron chi connectivity index (χ4n) is 0.712. The number of phenolic OH excluding ortho intramolecular Hbond substituents is 2. The number of phenols is 2. The van der Waals surface area contributed by atoms with Crippen molar-refractivity contribution >= 4 is 22.2 Å². The molecule has 0 aliphatic rings. The van der Waals surface area contributed by atoms with E-state index >= 15 is 0 Å². The van der Waals surface area contributed by atoms with Crippen molar-refractivity contribution in [1.82, 2.24) is 0 Å². The van der Waals surface area contributed by atoms with Crippen LogP contribution in [0.5, 0.6) is 11.5 Å². The van der Waals surface area contributed by atoms with Gasteiger partial charge in [0.2, 0.25) is 0 Å². The summed E-state index contributed by atoms with van der Waals surface area (Å²) >= 11 is 2.77. The predicted molar refractivity (Wildman–Crippen MR) is 42.8 cm³/mol. The molecule has 0 atom stereocenters. The minimum atomic E-state index is -0.988. The summed E-state index contributed by atoms with van der Waals surface area (Å²) < 4.78 is 12.7. The third kappa shape index (κ3) is 1.27. The molecular formula is C7H4BrFO3. The predicted octanol–water partition coefficient (Wildman–Crippen LogP) is 1.81. The standard InChI is InChI=1S/C7H4BrFO3/c8-4-1-3(2-10)6(11)7(12)5(4)9/h1-2,11-12H. The smallest absolute Gasteiger partial charge is 0.195 e. The number of rotatable bonds is 1. The van der Waals surface area contributed by atoms with Crippen LogP contribution >= 0.6 is 15.9 Å². The van der Waals surface area contributed by atoms with Gasteiger partial charge in [0.05, 0.1) is 10.0 Å². The summed E-state index contributed by atoms with van der Waals surface area (Å²) in [6, 6.07) is 1.08. The van der Waals surface area contributed by atoms with E-state index in [9.17, 15) is 9.18 Å². The van der Waals surface area contributed by atoms with Gasteiger partial charge in [0.1, 0.15) is 0 Å². The van der Waals surface area contributed by atoms with E-state index in [4.69, 9.17) is 10.2 Å². The van der Waals surface area contributed by atoms with Gasteiger partial charge in [-0.25, -0.2) is 4.39 Å². The molecule has 64 valence electrons. The molecule has 2 N–H and O–H groups in total. The minimum Gasteiger partial charge on any atom is -0.504 e. The molecule has 0 aromatic heterocycles. The lowest BCUT2D eigenvalue weighted by molar-refractivity contribution is 0.112. The maximum absolute atomic E-state index is 12.7. The summed E-state index contributed by atoms with van der Waals surface area (Å²) in [5, 5.41) is 17.8. The molecule has 1 rings (SSSR count). The molecule has 0 heterocycles. The Kier molecular flexibility index (Phi) is 2.32. The zero-order valence-electron chi connectivity index (χ0n) is 5.71. The maximum Gasteiger partial charge on any atom is 0.195 e. The van der Waals surface area contributed by atoms with Gasteiger partial charge in [-0.15, -0.1) is 0 Å². The second-order valence-corrected chi connectivity index (χ2v) is 2.93. The zero-order valence-corrected chi connectivity index (χ0v) is 7.30. The number of carbonyl (C=O) groups is 1. The summed E-state index contributed by atoms with van der Waals surface area (Å²) in [5.41, 5.74) is -0.166. The number of halogens is 2. The van der Waals surface area contributed by atoms with Crippen LogP contribution < -0.4 is 0 Å². The zero-order chi connectivity index (χ0) is 9.30. The van der Waals surface area contributed by atoms with Gasteiger partial charge in [-0.1, -0.05) is 0 Å². The van der Waals surface area contributed by atoms with Crippen molar-refractivity contribution in [2.24, 2.45) is 0 Å². The maximum atomic E-state index is 12.7. The third-order valence-electron chi connectivity index (χ3n) is 1.32. The van der Waals surface area contributed by atoms with E-state index in [1.165, 1.54) is 0 Å². The quantitative estimate of drug-likeness (QED) is 0.576. The average molecular weight is 235 g/mol. The molecule has 3 nitrogen and oxygen atoms in total. The largest absolute Gasteiger partial charge is 0.504 e. The van der Waals surface area contributed by atoms with Gasteiger partial charge >= 0.3 is 0 Å². The molecule has 0 saturated heterocycles. The molecule has 0 amide bonds. The molecule has 1 aromatic carbocycles. The van der Waals surface area contributed by atoms with Crippen LogP contribution in [-0.4, -0.2) is 16.5 Å². The van der Waals surface area contributed by atoms with Gasteiger partial charge in [0.25, 0.3) is 0 Å². The van der Waals surface area contributed by atoms with E-state index in [1.807, 2.05) is 0 Å². The van der Waals surface area contributed by atoms with E-state index in [0.717, 1.165) is 6.07 Å². The Morgan fingerprint density at radius 2 is 2.00 bits per heavy atom. The number of benzene rings is 1. The van der Waals surface area contributed by atoms with E-state index in [-0.39, 0.29) is 10.0 Å². The van der Waals surface area contributed by atoms with Crippen molar-refractivity contribution in [3.05, 3.63) is 21.9 Å². The van der Waals surface area contributed by atoms with Gasteiger partial charge in [-0.3, -0.25) is 4.79 Å². The Hall–Kier alpha value is -1.10. The Balaban J connectivity index is 3.49. The lowest BCUT2D eigenvalue weighted by Crippen LogP contribution is -1.87. The van der Waals surface area contributed by atoms with Crippen LogP contribution in [0.2, 0.25) is 0 Å². The summed E-state index contributed by atoms with van der Waals surface area (Å²) in [5.74, 6) is -2.66. The van der Waals surface area contributed by atoms with Crippen LogP contribution in [0.1, 0.15) is 10.4 Å². The van der Waals surface area contributed by atoms with Crippen molar-refractivity contribution < 1.29 is 19.4 Å². The van der Waals surface area contributed by atoms with Gasteiger partial charge in [0, 0.05) is 0 Å². The first-order valence-electron chi connectivity index (χ1n) is 2.93. The SMILES string of the molecule is O=Cc1cc(Br)c(F)c(O)c1O. The molecule has 1 aromatic rings. The second-order valence-electron chi connectivity index (χ2n) is 2.08. The number of aromatic hydroxyl groups is 2. The molecule has 0 bridgehead atoms. The number of hydrogen-bond donors (Lipinski definition) is 2. The highest BCUT2D eigenvalue weighted by atomic mass is 79.9. The Bertz CT molecular complexity index is 338. The molecule has 5 heteroatoms. The Morgan fingerprint density at radius 3 is 2.50 bits per heavy atom. The molecule has 12 heavy (non-hydrogen) atoms. The van der Waals surface area contributed by atoms with Gasteiger partial charge in [-0.2, -0.15) is 0 Å². The van der Waals surface area contributed by atoms with Gasteiger partial charge in [-0.05, 0) is 22.0 Å². The first-order chi connectivity index (χ1) is 5.57. The van der Waals surface area contributed by atoms with Crippen molar-refractivity contribution in [2.45, 2.75) is 0 Å². The van der Waals surface area contributed by atoms with Crippen LogP contribution in [0.3, 0.4) is 0 Å². The summed E-state index contributed by atoms with van der Waals surface area (Å²) in [6.07, 6.45) is 0.319. The highest BCUT2D eigenvalue weighted by molar-refractivity contribution is 9.10. The molecule has 0 aliphatic heterocycles. The molecule has 0 unspecified atom stereocenters. The van der Waals surface area contributed by atoms with E-state index in [1.54, 1.807) is 0 Å². The van der Waals surface area contributed by atoms with Crippen LogP contribution in [0.15, 0.2) is 10.5 Å². The van der Waals surface area contributed by atoms with Crippen molar-refractivity contribution in [3.63, 3.8) is 0 Å². The fraction of sp³-hybridized carbons (Fsp3) is 0. The molecule has 0 radical (unpaired) electrons. The summed E-state index contributed by atoms with van der Waals surface area (Å²) in [7, 11) is 0. The van der Waals surface area contributed by atoms with Crippen molar-refractivity contribution in [3.8, 4) is 11.5 Å². The molecular weight excluding hydrogens is 231 g/mol. The summed E-state index contributed by atoms with van der Waals surface area (Å²) in [6.45, 7) is 0. The fourth-order valence-corrected chi connectivity index (χ4v) is 1.15. The van der Waals surface area contributed by atoms with Crippen molar-refractivity contribution in [2.75, 3.05) is 0 Å². The normalized spacial score (nSPS) is 9.83. The molecule has 0 fully saturated rings. The molecule has 0 aliphatic carbocycles. The van der Waals surface area contributed by atoms with Crippen LogP contribution in [-0.2, 0) is 0 Å². The lowest BCUT2D eigenvalue weighted by Gasteiger charge is -2.02. The Labute approximate surface area is 75.6 Å². The lowest BCUT2D eigenvalue weighted by atomic mass is 10.2. The topological polar surface area (TPSA) is 57.5 Å². The number of hydrogen-bond acceptors (Lipinski definition) is 3. The van der Waals surface area contributed by atoms with Crippen LogP contribution in [0.4, 0.5) is 4.39 Å². The van der Waals surface area contributed by atoms with E-state index in [2.05, 4.69) is 15.9 Å². The van der Waals surface area contributed by atoms with Gasteiger partial charge < -0.3 is 10.2 Å². The highest BCUT2D eigenvalue weighted by Gasteiger charge is 2.14. The molecule has 0 saturated carbocycles. The second kappa shape index (κ2) is 3.10. The van der Waals surface area contributed by atoms with Gasteiger partial charge in [0.15, 0.2) is 23.6 Å². The van der Waals surface area contributed by atoms with Crippen LogP contribution in [0, 0.1) is 5.82 Å². The van der Waals surface area contributed by atoms with E-state index in [0.29, 0.717) is 6.29 Å². The first-order valence-corrected chi connectivity index (χ1v) is 3.72. The third-order valence-corrected chi connectivity index (χ3v) is 1.90. The van der Waals surface area contributed by atoms with E-state index < -0.39 is 17.3 Å². The number of carbonyl (C=O) groups excluding carboxylic acids is 1. The summed E-state index contributed by atoms with van der Waals surface area (Å²) in [4.78, 5) is 10.2. The highest BCUT2D eigenvalue weighted by Crippen LogP contribution is 2.35. The number of aldehydes is 1. The average Bonchev–Trinajstić information content (AvgIpc) is 2.08. The van der Waals surface area contributed by atoms with Crippen molar-refractivity contribution in [1.29, 1.82) is 0 Å². The van der Waals surface area contributed by atoms with Crippen LogP contribution in [0.25, 0.3) is 0 Å². The minimum absolute atomic E-state index is 0.0695. The monoisotopic (exact) mass is 234 g/mol. The molecule has 0 spiro atoms.